The van der Waals surface area contributed by atoms with Gasteiger partial charge in [0.15, 0.2) is 0 Å². The van der Waals surface area contributed by atoms with E-state index < -0.39 is 10.0 Å². The largest absolute Gasteiger partial charge is 0.316 e. The number of nitrogens with one attached hydrogen (secondary N) is 2. The van der Waals surface area contributed by atoms with Crippen LogP contribution in [0.4, 0.5) is 0 Å². The normalized spacial score (nSPS) is 18.0. The average Bonchev–Trinajstić information content (AvgIpc) is 2.96. The summed E-state index contributed by atoms with van der Waals surface area (Å²) in [6, 6.07) is 7.03. The van der Waals surface area contributed by atoms with Gasteiger partial charge in [-0.1, -0.05) is 12.1 Å². The molecular weight excluding hydrogens is 236 g/mol. The van der Waals surface area contributed by atoms with Gasteiger partial charge in [-0.15, -0.1) is 0 Å². The molecule has 0 aliphatic heterocycles. The molecule has 0 unspecified atom stereocenters. The van der Waals surface area contributed by atoms with Crippen LogP contribution in [-0.4, -0.2) is 21.0 Å². The molecule has 0 heterocycles. The molecule has 0 radical (unpaired) electrons. The molecule has 4 nitrogen and oxygen atoms in total. The lowest BCUT2D eigenvalue weighted by Crippen LogP contribution is -2.34. The van der Waals surface area contributed by atoms with Gasteiger partial charge in [-0.2, -0.15) is 0 Å². The molecule has 1 saturated carbocycles. The molecule has 0 amide bonds. The summed E-state index contributed by atoms with van der Waals surface area (Å²) in [6.45, 7) is 2.60. The maximum atomic E-state index is 12.1. The molecule has 1 aromatic rings. The summed E-state index contributed by atoms with van der Waals surface area (Å²) in [5.41, 5.74) is 0.744. The van der Waals surface area contributed by atoms with Crippen LogP contribution in [0.2, 0.25) is 0 Å². The summed E-state index contributed by atoms with van der Waals surface area (Å²) in [7, 11) is -1.54. The molecular formula is C12H18N2O2S. The van der Waals surface area contributed by atoms with E-state index in [-0.39, 0.29) is 5.54 Å². The zero-order valence-corrected chi connectivity index (χ0v) is 11.0. The third-order valence-corrected chi connectivity index (χ3v) is 4.61. The molecule has 2 N–H and O–H groups in total. The van der Waals surface area contributed by atoms with E-state index in [1.807, 2.05) is 20.0 Å². The predicted octanol–water partition coefficient (Wildman–Crippen LogP) is 1.24. The van der Waals surface area contributed by atoms with Crippen molar-refractivity contribution < 1.29 is 8.42 Å². The van der Waals surface area contributed by atoms with Crippen LogP contribution in [0.15, 0.2) is 29.2 Å². The molecule has 1 aliphatic carbocycles. The molecule has 2 rings (SSSR count). The maximum Gasteiger partial charge on any atom is 0.241 e. The number of rotatable bonds is 5. The highest BCUT2D eigenvalue weighted by Crippen LogP contribution is 2.35. The molecule has 1 aliphatic rings. The Balaban J connectivity index is 2.23. The zero-order chi connectivity index (χ0) is 12.5. The van der Waals surface area contributed by atoms with Crippen molar-refractivity contribution in [1.82, 2.24) is 10.0 Å². The number of hydrogen-bond donors (Lipinski definition) is 2. The topological polar surface area (TPSA) is 58.2 Å². The molecule has 0 aromatic heterocycles. The lowest BCUT2D eigenvalue weighted by molar-refractivity contribution is 0.558. The van der Waals surface area contributed by atoms with Crippen LogP contribution >= 0.6 is 0 Å². The fourth-order valence-electron chi connectivity index (χ4n) is 1.70. The fourth-order valence-corrected chi connectivity index (χ4v) is 3.23. The van der Waals surface area contributed by atoms with Gasteiger partial charge in [0, 0.05) is 12.1 Å². The Hall–Kier alpha value is -0.910. The van der Waals surface area contributed by atoms with Crippen molar-refractivity contribution in [1.29, 1.82) is 0 Å². The molecule has 0 atom stereocenters. The molecule has 0 spiro atoms. The minimum absolute atomic E-state index is 0.224. The monoisotopic (exact) mass is 254 g/mol. The summed E-state index contributed by atoms with van der Waals surface area (Å²) in [5.74, 6) is 0. The third kappa shape index (κ3) is 3.06. The van der Waals surface area contributed by atoms with Crippen molar-refractivity contribution in [2.75, 3.05) is 7.05 Å². The van der Waals surface area contributed by atoms with E-state index in [0.717, 1.165) is 18.4 Å². The summed E-state index contributed by atoms with van der Waals surface area (Å²) in [6.07, 6.45) is 1.84. The van der Waals surface area contributed by atoms with Gasteiger partial charge >= 0.3 is 0 Å². The van der Waals surface area contributed by atoms with Crippen LogP contribution in [0.3, 0.4) is 0 Å². The Morgan fingerprint density at radius 2 is 2.06 bits per heavy atom. The van der Waals surface area contributed by atoms with E-state index in [1.54, 1.807) is 18.2 Å². The van der Waals surface area contributed by atoms with E-state index in [1.165, 1.54) is 0 Å². The molecule has 5 heteroatoms. The Labute approximate surface area is 102 Å². The first kappa shape index (κ1) is 12.5. The quantitative estimate of drug-likeness (QED) is 0.831. The molecule has 1 aromatic carbocycles. The van der Waals surface area contributed by atoms with Crippen LogP contribution in [0.25, 0.3) is 0 Å². The van der Waals surface area contributed by atoms with Gasteiger partial charge < -0.3 is 5.32 Å². The highest BCUT2D eigenvalue weighted by Gasteiger charge is 2.41. The van der Waals surface area contributed by atoms with Crippen LogP contribution in [0.5, 0.6) is 0 Å². The second-order valence-electron chi connectivity index (χ2n) is 4.84. The van der Waals surface area contributed by atoms with Crippen molar-refractivity contribution in [3.63, 3.8) is 0 Å². The van der Waals surface area contributed by atoms with Crippen molar-refractivity contribution in [3.05, 3.63) is 29.8 Å². The van der Waals surface area contributed by atoms with E-state index in [2.05, 4.69) is 10.0 Å². The van der Waals surface area contributed by atoms with Gasteiger partial charge in [-0.3, -0.25) is 0 Å². The van der Waals surface area contributed by atoms with E-state index in [9.17, 15) is 8.42 Å². The molecule has 17 heavy (non-hydrogen) atoms. The van der Waals surface area contributed by atoms with Crippen molar-refractivity contribution in [2.45, 2.75) is 36.7 Å². The van der Waals surface area contributed by atoms with Crippen molar-refractivity contribution >= 4 is 10.0 Å². The van der Waals surface area contributed by atoms with E-state index >= 15 is 0 Å². The molecule has 0 bridgehead atoms. The Kier molecular flexibility index (Phi) is 3.25. The van der Waals surface area contributed by atoms with E-state index in [4.69, 9.17) is 0 Å². The first-order valence-corrected chi connectivity index (χ1v) is 7.21. The lowest BCUT2D eigenvalue weighted by atomic mass is 10.2. The summed E-state index contributed by atoms with van der Waals surface area (Å²) < 4.78 is 27.0. The highest BCUT2D eigenvalue weighted by molar-refractivity contribution is 7.89. The zero-order valence-electron chi connectivity index (χ0n) is 10.2. The van der Waals surface area contributed by atoms with Crippen LogP contribution in [0.1, 0.15) is 25.3 Å². The van der Waals surface area contributed by atoms with E-state index in [0.29, 0.717) is 11.4 Å². The first-order chi connectivity index (χ1) is 7.95. The summed E-state index contributed by atoms with van der Waals surface area (Å²) in [4.78, 5) is 0.346. The Morgan fingerprint density at radius 3 is 2.65 bits per heavy atom. The predicted molar refractivity (Wildman–Crippen MR) is 67.2 cm³/mol. The smallest absolute Gasteiger partial charge is 0.241 e. The Morgan fingerprint density at radius 1 is 1.35 bits per heavy atom. The minimum atomic E-state index is -3.37. The first-order valence-electron chi connectivity index (χ1n) is 5.73. The van der Waals surface area contributed by atoms with Gasteiger partial charge in [-0.05, 0) is 44.5 Å². The number of hydrogen-bond acceptors (Lipinski definition) is 3. The summed E-state index contributed by atoms with van der Waals surface area (Å²) in [5, 5.41) is 3.01. The number of sulfonamides is 1. The van der Waals surface area contributed by atoms with Gasteiger partial charge in [0.05, 0.1) is 4.90 Å². The highest BCUT2D eigenvalue weighted by atomic mass is 32.2. The van der Waals surface area contributed by atoms with Gasteiger partial charge in [-0.25, -0.2) is 13.1 Å². The fraction of sp³-hybridized carbons (Fsp3) is 0.500. The minimum Gasteiger partial charge on any atom is -0.316 e. The third-order valence-electron chi connectivity index (χ3n) is 2.97. The van der Waals surface area contributed by atoms with Gasteiger partial charge in [0.2, 0.25) is 10.0 Å². The van der Waals surface area contributed by atoms with Gasteiger partial charge in [0.1, 0.15) is 0 Å². The lowest BCUT2D eigenvalue weighted by Gasteiger charge is -2.12. The second kappa shape index (κ2) is 4.40. The average molecular weight is 254 g/mol. The van der Waals surface area contributed by atoms with Crippen LogP contribution in [0, 0.1) is 0 Å². The SMILES string of the molecule is CNCc1cccc(S(=O)(=O)NC2(C)CC2)c1. The summed E-state index contributed by atoms with van der Waals surface area (Å²) >= 11 is 0. The number of benzene rings is 1. The van der Waals surface area contributed by atoms with Gasteiger partial charge in [0.25, 0.3) is 0 Å². The standard InChI is InChI=1S/C12H18N2O2S/c1-12(6-7-12)14-17(15,16)11-5-3-4-10(8-11)9-13-2/h3-5,8,13-14H,6-7,9H2,1-2H3. The van der Waals surface area contributed by atoms with Crippen LogP contribution in [-0.2, 0) is 16.6 Å². The molecule has 0 saturated heterocycles. The van der Waals surface area contributed by atoms with Crippen molar-refractivity contribution in [3.8, 4) is 0 Å². The molecule has 1 fully saturated rings. The van der Waals surface area contributed by atoms with Crippen LogP contribution < -0.4 is 10.0 Å². The maximum absolute atomic E-state index is 12.1. The van der Waals surface area contributed by atoms with Crippen molar-refractivity contribution in [2.24, 2.45) is 0 Å². The molecule has 94 valence electrons. The second-order valence-corrected chi connectivity index (χ2v) is 6.53. The Bertz CT molecular complexity index is 507.